The number of thiophene rings is 1. The van der Waals surface area contributed by atoms with Crippen LogP contribution in [0, 0.1) is 0 Å². The fraction of sp³-hybridized carbons (Fsp3) is 0.381. The van der Waals surface area contributed by atoms with Gasteiger partial charge in [-0.1, -0.05) is 36.0 Å². The Hall–Kier alpha value is -2.12. The van der Waals surface area contributed by atoms with Gasteiger partial charge in [0.25, 0.3) is 5.56 Å². The lowest BCUT2D eigenvalue weighted by Gasteiger charge is -2.33. The first-order valence-corrected chi connectivity index (χ1v) is 11.4. The fourth-order valence-electron chi connectivity index (χ4n) is 3.84. The molecule has 7 heteroatoms. The van der Waals surface area contributed by atoms with E-state index in [4.69, 9.17) is 0 Å². The van der Waals surface area contributed by atoms with Crippen molar-refractivity contribution in [2.45, 2.75) is 43.9 Å². The molecule has 1 amide bonds. The highest BCUT2D eigenvalue weighted by atomic mass is 32.2. The summed E-state index contributed by atoms with van der Waals surface area (Å²) < 4.78 is 2.33. The number of nitrogens with zero attached hydrogens (tertiary/aromatic N) is 3. The molecule has 1 unspecified atom stereocenters. The number of benzene rings is 1. The third-order valence-corrected chi connectivity index (χ3v) is 7.22. The maximum absolute atomic E-state index is 12.9. The number of aryl methyl sites for hydroxylation is 1. The summed E-state index contributed by atoms with van der Waals surface area (Å²) in [7, 11) is 1.89. The molecule has 3 aromatic rings. The zero-order chi connectivity index (χ0) is 19.7. The lowest BCUT2D eigenvalue weighted by molar-refractivity contribution is -0.129. The molecule has 1 atom stereocenters. The second-order valence-corrected chi connectivity index (χ2v) is 8.84. The van der Waals surface area contributed by atoms with E-state index in [-0.39, 0.29) is 23.3 Å². The molecule has 2 aromatic heterocycles. The summed E-state index contributed by atoms with van der Waals surface area (Å²) in [5.74, 6) is 0.339. The quantitative estimate of drug-likeness (QED) is 0.467. The van der Waals surface area contributed by atoms with Crippen molar-refractivity contribution < 1.29 is 4.79 Å². The minimum absolute atomic E-state index is 0.0213. The van der Waals surface area contributed by atoms with Gasteiger partial charge in [-0.2, -0.15) is 0 Å². The van der Waals surface area contributed by atoms with E-state index in [9.17, 15) is 9.59 Å². The third-order valence-electron chi connectivity index (χ3n) is 5.37. The number of hydrogen-bond acceptors (Lipinski definition) is 5. The predicted molar refractivity (Wildman–Crippen MR) is 115 cm³/mol. The van der Waals surface area contributed by atoms with Gasteiger partial charge in [0.15, 0.2) is 5.16 Å². The van der Waals surface area contributed by atoms with Crippen molar-refractivity contribution in [2.75, 3.05) is 12.8 Å². The molecule has 1 aliphatic carbocycles. The third kappa shape index (κ3) is 3.49. The van der Waals surface area contributed by atoms with E-state index in [1.165, 1.54) is 34.2 Å². The van der Waals surface area contributed by atoms with Crippen molar-refractivity contribution in [3.63, 3.8) is 0 Å². The van der Waals surface area contributed by atoms with Crippen LogP contribution >= 0.6 is 23.1 Å². The Morgan fingerprint density at radius 3 is 3.00 bits per heavy atom. The van der Waals surface area contributed by atoms with Crippen molar-refractivity contribution >= 4 is 39.2 Å². The summed E-state index contributed by atoms with van der Waals surface area (Å²) in [6.45, 7) is 2.47. The first-order chi connectivity index (χ1) is 13.6. The van der Waals surface area contributed by atoms with Crippen LogP contribution in [0.25, 0.3) is 10.2 Å². The minimum Gasteiger partial charge on any atom is -0.338 e. The molecule has 0 saturated heterocycles. The lowest BCUT2D eigenvalue weighted by Crippen LogP contribution is -2.34. The van der Waals surface area contributed by atoms with E-state index < -0.39 is 0 Å². The summed E-state index contributed by atoms with van der Waals surface area (Å²) in [6.07, 6.45) is 3.16. The summed E-state index contributed by atoms with van der Waals surface area (Å²) >= 11 is 2.76. The van der Waals surface area contributed by atoms with Gasteiger partial charge in [-0.25, -0.2) is 4.98 Å². The van der Waals surface area contributed by atoms with Crippen LogP contribution in [0.4, 0.5) is 0 Å². The zero-order valence-corrected chi connectivity index (χ0v) is 17.7. The normalized spacial score (nSPS) is 16.1. The van der Waals surface area contributed by atoms with Crippen molar-refractivity contribution in [2.24, 2.45) is 0 Å². The molecule has 2 heterocycles. The molecule has 0 bridgehead atoms. The summed E-state index contributed by atoms with van der Waals surface area (Å²) in [6, 6.07) is 10.4. The molecule has 5 nitrogen and oxygen atoms in total. The largest absolute Gasteiger partial charge is 0.338 e. The van der Waals surface area contributed by atoms with E-state index >= 15 is 0 Å². The van der Waals surface area contributed by atoms with Crippen molar-refractivity contribution in [1.29, 1.82) is 0 Å². The fourth-order valence-corrected chi connectivity index (χ4v) is 5.61. The van der Waals surface area contributed by atoms with Crippen LogP contribution in [0.2, 0.25) is 0 Å². The Labute approximate surface area is 172 Å². The number of rotatable bonds is 5. The average molecular weight is 414 g/mol. The monoisotopic (exact) mass is 413 g/mol. The molecule has 1 aliphatic rings. The number of carbonyl (C=O) groups excluding carboxylic acids is 1. The van der Waals surface area contributed by atoms with E-state index in [1.54, 1.807) is 4.57 Å². The molecule has 0 radical (unpaired) electrons. The molecule has 28 heavy (non-hydrogen) atoms. The van der Waals surface area contributed by atoms with E-state index in [0.717, 1.165) is 19.3 Å². The molecule has 1 aromatic carbocycles. The van der Waals surface area contributed by atoms with Gasteiger partial charge in [0, 0.05) is 13.6 Å². The standard InChI is InChI=1S/C21H23N3O2S2/c1-3-24-20(26)19-16(11-12-27-19)22-21(24)28-13-18(25)23(2)17-10-6-8-14-7-4-5-9-15(14)17/h4-5,7,9,11-12,17H,3,6,8,10,13H2,1-2H3. The Bertz CT molecular complexity index is 1070. The summed E-state index contributed by atoms with van der Waals surface area (Å²) in [4.78, 5) is 32.0. The maximum atomic E-state index is 12.9. The predicted octanol–water partition coefficient (Wildman–Crippen LogP) is 4.11. The number of fused-ring (bicyclic) bond motifs is 2. The second-order valence-electron chi connectivity index (χ2n) is 6.98. The first kappa shape index (κ1) is 19.2. The van der Waals surface area contributed by atoms with Crippen molar-refractivity contribution in [3.05, 3.63) is 57.2 Å². The highest BCUT2D eigenvalue weighted by molar-refractivity contribution is 7.99. The van der Waals surface area contributed by atoms with E-state index in [2.05, 4.69) is 23.2 Å². The van der Waals surface area contributed by atoms with Gasteiger partial charge in [-0.05, 0) is 48.8 Å². The summed E-state index contributed by atoms with van der Waals surface area (Å²) in [5, 5.41) is 2.50. The van der Waals surface area contributed by atoms with Crippen LogP contribution in [0.15, 0.2) is 45.7 Å². The smallest absolute Gasteiger partial charge is 0.272 e. The Kier molecular flexibility index (Phi) is 5.55. The lowest BCUT2D eigenvalue weighted by atomic mass is 9.87. The van der Waals surface area contributed by atoms with Gasteiger partial charge in [-0.15, -0.1) is 11.3 Å². The number of thioether (sulfide) groups is 1. The van der Waals surface area contributed by atoms with Crippen molar-refractivity contribution in [1.82, 2.24) is 14.5 Å². The van der Waals surface area contributed by atoms with Crippen LogP contribution in [0.1, 0.15) is 36.9 Å². The minimum atomic E-state index is -0.0213. The molecular formula is C21H23N3O2S2. The molecule has 4 rings (SSSR count). The van der Waals surface area contributed by atoms with Gasteiger partial charge >= 0.3 is 0 Å². The highest BCUT2D eigenvalue weighted by Gasteiger charge is 2.26. The number of amides is 1. The molecule has 0 saturated carbocycles. The Balaban J connectivity index is 1.52. The van der Waals surface area contributed by atoms with Gasteiger partial charge in [-0.3, -0.25) is 14.2 Å². The van der Waals surface area contributed by atoms with Crippen LogP contribution in [0.5, 0.6) is 0 Å². The van der Waals surface area contributed by atoms with Gasteiger partial charge in [0.1, 0.15) is 4.70 Å². The SMILES string of the molecule is CCn1c(SCC(=O)N(C)C2CCCc3ccccc32)nc2ccsc2c1=O. The van der Waals surface area contributed by atoms with Crippen molar-refractivity contribution in [3.8, 4) is 0 Å². The van der Waals surface area contributed by atoms with Crippen LogP contribution in [-0.2, 0) is 17.8 Å². The number of carbonyl (C=O) groups is 1. The number of hydrogen-bond donors (Lipinski definition) is 0. The number of aromatic nitrogens is 2. The van der Waals surface area contributed by atoms with Gasteiger partial charge < -0.3 is 4.90 Å². The topological polar surface area (TPSA) is 55.2 Å². The van der Waals surface area contributed by atoms with Gasteiger partial charge in [0.2, 0.25) is 5.91 Å². The highest BCUT2D eigenvalue weighted by Crippen LogP contribution is 2.34. The molecule has 0 aliphatic heterocycles. The molecule has 0 spiro atoms. The first-order valence-electron chi connectivity index (χ1n) is 9.54. The van der Waals surface area contributed by atoms with E-state index in [1.807, 2.05) is 36.4 Å². The van der Waals surface area contributed by atoms with Crippen LogP contribution in [0.3, 0.4) is 0 Å². The Morgan fingerprint density at radius 2 is 2.18 bits per heavy atom. The molecule has 0 N–H and O–H groups in total. The zero-order valence-electron chi connectivity index (χ0n) is 16.1. The molecule has 0 fully saturated rings. The summed E-state index contributed by atoms with van der Waals surface area (Å²) in [5.41, 5.74) is 3.30. The van der Waals surface area contributed by atoms with E-state index in [0.29, 0.717) is 21.9 Å². The second kappa shape index (κ2) is 8.09. The average Bonchev–Trinajstić information content (AvgIpc) is 3.20. The maximum Gasteiger partial charge on any atom is 0.272 e. The van der Waals surface area contributed by atoms with Gasteiger partial charge in [0.05, 0.1) is 17.3 Å². The van der Waals surface area contributed by atoms with Crippen LogP contribution < -0.4 is 5.56 Å². The molecular weight excluding hydrogens is 390 g/mol. The molecule has 146 valence electrons. The van der Waals surface area contributed by atoms with Crippen LogP contribution in [-0.4, -0.2) is 33.2 Å². The Morgan fingerprint density at radius 1 is 1.36 bits per heavy atom.